The van der Waals surface area contributed by atoms with Crippen LogP contribution in [0.3, 0.4) is 0 Å². The molecule has 14 heavy (non-hydrogen) atoms. The summed E-state index contributed by atoms with van der Waals surface area (Å²) in [6.45, 7) is 0.568. The number of hydrogen-bond acceptors (Lipinski definition) is 4. The fourth-order valence-electron chi connectivity index (χ4n) is 0.985. The molecule has 0 atom stereocenters. The number of amides is 1. The monoisotopic (exact) mass is 215 g/mol. The number of carbonyl (C=O) groups excluding carboxylic acids is 1. The summed E-state index contributed by atoms with van der Waals surface area (Å²) in [7, 11) is 1.53. The smallest absolute Gasteiger partial charge is 0.265 e. The van der Waals surface area contributed by atoms with Crippen molar-refractivity contribution in [1.82, 2.24) is 5.32 Å². The Morgan fingerprint density at radius 3 is 3.14 bits per heavy atom. The molecule has 1 heterocycles. The van der Waals surface area contributed by atoms with Crippen LogP contribution in [0.2, 0.25) is 0 Å². The Kier molecular flexibility index (Phi) is 4.42. The molecule has 1 amide bonds. The summed E-state index contributed by atoms with van der Waals surface area (Å²) in [5.74, 6) is 0.446. The fraction of sp³-hybridized carbons (Fsp3) is 0.444. The van der Waals surface area contributed by atoms with E-state index in [1.54, 1.807) is 11.4 Å². The van der Waals surface area contributed by atoms with E-state index in [0.717, 1.165) is 0 Å². The van der Waals surface area contributed by atoms with E-state index in [4.69, 9.17) is 9.84 Å². The SMILES string of the molecule is COc1ccsc1C(=O)NCCCO. The Balaban J connectivity index is 2.51. The zero-order valence-corrected chi connectivity index (χ0v) is 8.76. The molecule has 0 bridgehead atoms. The molecule has 4 nitrogen and oxygen atoms in total. The zero-order chi connectivity index (χ0) is 10.4. The fourth-order valence-corrected chi connectivity index (χ4v) is 1.76. The number of methoxy groups -OCH3 is 1. The maximum atomic E-state index is 11.5. The second-order valence-corrected chi connectivity index (χ2v) is 3.57. The molecule has 2 N–H and O–H groups in total. The van der Waals surface area contributed by atoms with Gasteiger partial charge in [0, 0.05) is 13.2 Å². The van der Waals surface area contributed by atoms with Crippen molar-refractivity contribution in [2.75, 3.05) is 20.3 Å². The molecule has 0 radical (unpaired) electrons. The lowest BCUT2D eigenvalue weighted by Gasteiger charge is -2.03. The van der Waals surface area contributed by atoms with Crippen molar-refractivity contribution >= 4 is 17.2 Å². The summed E-state index contributed by atoms with van der Waals surface area (Å²) >= 11 is 1.34. The molecular formula is C9H13NO3S. The molecule has 0 fully saturated rings. The first kappa shape index (κ1) is 11.0. The highest BCUT2D eigenvalue weighted by molar-refractivity contribution is 7.12. The van der Waals surface area contributed by atoms with Crippen molar-refractivity contribution in [2.24, 2.45) is 0 Å². The van der Waals surface area contributed by atoms with Gasteiger partial charge >= 0.3 is 0 Å². The third-order valence-electron chi connectivity index (χ3n) is 1.68. The Morgan fingerprint density at radius 1 is 1.71 bits per heavy atom. The number of nitrogens with one attached hydrogen (secondary N) is 1. The van der Waals surface area contributed by atoms with Gasteiger partial charge in [0.25, 0.3) is 5.91 Å². The number of thiophene rings is 1. The number of ether oxygens (including phenoxy) is 1. The molecular weight excluding hydrogens is 202 g/mol. The maximum Gasteiger partial charge on any atom is 0.265 e. The van der Waals surface area contributed by atoms with Gasteiger partial charge in [-0.15, -0.1) is 11.3 Å². The van der Waals surface area contributed by atoms with Crippen molar-refractivity contribution < 1.29 is 14.6 Å². The van der Waals surface area contributed by atoms with Crippen LogP contribution in [-0.2, 0) is 0 Å². The number of rotatable bonds is 5. The summed E-state index contributed by atoms with van der Waals surface area (Å²) in [6, 6.07) is 1.76. The Bertz CT molecular complexity index is 298. The van der Waals surface area contributed by atoms with Crippen molar-refractivity contribution in [2.45, 2.75) is 6.42 Å². The summed E-state index contributed by atoms with van der Waals surface area (Å²) in [5, 5.41) is 13.0. The van der Waals surface area contributed by atoms with Crippen LogP contribution >= 0.6 is 11.3 Å². The average molecular weight is 215 g/mol. The molecule has 1 rings (SSSR count). The molecule has 0 aliphatic heterocycles. The quantitative estimate of drug-likeness (QED) is 0.716. The van der Waals surface area contributed by atoms with Gasteiger partial charge in [0.2, 0.25) is 0 Å². The third kappa shape index (κ3) is 2.71. The van der Waals surface area contributed by atoms with Crippen LogP contribution in [0.1, 0.15) is 16.1 Å². The van der Waals surface area contributed by atoms with E-state index in [2.05, 4.69) is 5.32 Å². The minimum atomic E-state index is -0.148. The number of aliphatic hydroxyl groups excluding tert-OH is 1. The van der Waals surface area contributed by atoms with Gasteiger partial charge in [-0.2, -0.15) is 0 Å². The molecule has 78 valence electrons. The molecule has 1 aromatic rings. The highest BCUT2D eigenvalue weighted by Gasteiger charge is 2.12. The highest BCUT2D eigenvalue weighted by atomic mass is 32.1. The van der Waals surface area contributed by atoms with E-state index in [9.17, 15) is 4.79 Å². The van der Waals surface area contributed by atoms with Crippen molar-refractivity contribution in [3.63, 3.8) is 0 Å². The van der Waals surface area contributed by atoms with Crippen LogP contribution in [-0.4, -0.2) is 31.3 Å². The lowest BCUT2D eigenvalue weighted by molar-refractivity contribution is 0.0952. The Labute approximate surface area is 86.5 Å². The van der Waals surface area contributed by atoms with Gasteiger partial charge in [-0.3, -0.25) is 4.79 Å². The van der Waals surface area contributed by atoms with Gasteiger partial charge in [0.1, 0.15) is 10.6 Å². The second kappa shape index (κ2) is 5.62. The largest absolute Gasteiger partial charge is 0.495 e. The minimum absolute atomic E-state index is 0.0852. The number of carbonyl (C=O) groups is 1. The second-order valence-electron chi connectivity index (χ2n) is 2.65. The molecule has 0 saturated heterocycles. The summed E-state index contributed by atoms with van der Waals surface area (Å²) in [6.07, 6.45) is 0.569. The van der Waals surface area contributed by atoms with Crippen molar-refractivity contribution in [3.8, 4) is 5.75 Å². The summed E-state index contributed by atoms with van der Waals surface area (Å²) < 4.78 is 5.01. The zero-order valence-electron chi connectivity index (χ0n) is 7.95. The molecule has 0 unspecified atom stereocenters. The van der Waals surface area contributed by atoms with E-state index in [-0.39, 0.29) is 12.5 Å². The van der Waals surface area contributed by atoms with E-state index in [0.29, 0.717) is 23.6 Å². The predicted molar refractivity (Wildman–Crippen MR) is 54.9 cm³/mol. The molecule has 0 aromatic carbocycles. The van der Waals surface area contributed by atoms with Gasteiger partial charge in [-0.1, -0.05) is 0 Å². The normalized spacial score (nSPS) is 9.86. The van der Waals surface area contributed by atoms with Gasteiger partial charge < -0.3 is 15.2 Å². The number of aliphatic hydroxyl groups is 1. The Morgan fingerprint density at radius 2 is 2.50 bits per heavy atom. The number of hydrogen-bond donors (Lipinski definition) is 2. The van der Waals surface area contributed by atoms with Crippen LogP contribution in [0.15, 0.2) is 11.4 Å². The highest BCUT2D eigenvalue weighted by Crippen LogP contribution is 2.23. The average Bonchev–Trinajstić information content (AvgIpc) is 2.65. The van der Waals surface area contributed by atoms with E-state index < -0.39 is 0 Å². The van der Waals surface area contributed by atoms with Crippen LogP contribution in [0.25, 0.3) is 0 Å². The first-order chi connectivity index (χ1) is 6.79. The van der Waals surface area contributed by atoms with E-state index >= 15 is 0 Å². The standard InChI is InChI=1S/C9H13NO3S/c1-13-7-3-6-14-8(7)9(12)10-4-2-5-11/h3,6,11H,2,4-5H2,1H3,(H,10,12). The third-order valence-corrected chi connectivity index (χ3v) is 2.57. The summed E-state index contributed by atoms with van der Waals surface area (Å²) in [5.41, 5.74) is 0. The van der Waals surface area contributed by atoms with E-state index in [1.807, 2.05) is 0 Å². The lowest BCUT2D eigenvalue weighted by atomic mass is 10.4. The van der Waals surface area contributed by atoms with Crippen LogP contribution in [0.5, 0.6) is 5.75 Å². The van der Waals surface area contributed by atoms with E-state index in [1.165, 1.54) is 18.4 Å². The van der Waals surface area contributed by atoms with Gasteiger partial charge in [0.15, 0.2) is 0 Å². The van der Waals surface area contributed by atoms with Gasteiger partial charge in [-0.25, -0.2) is 0 Å². The first-order valence-corrected chi connectivity index (χ1v) is 5.18. The van der Waals surface area contributed by atoms with Crippen molar-refractivity contribution in [3.05, 3.63) is 16.3 Å². The lowest BCUT2D eigenvalue weighted by Crippen LogP contribution is -2.24. The minimum Gasteiger partial charge on any atom is -0.495 e. The molecule has 1 aromatic heterocycles. The van der Waals surface area contributed by atoms with Crippen LogP contribution < -0.4 is 10.1 Å². The van der Waals surface area contributed by atoms with Crippen molar-refractivity contribution in [1.29, 1.82) is 0 Å². The molecule has 0 saturated carbocycles. The van der Waals surface area contributed by atoms with Crippen LogP contribution in [0.4, 0.5) is 0 Å². The topological polar surface area (TPSA) is 58.6 Å². The maximum absolute atomic E-state index is 11.5. The van der Waals surface area contributed by atoms with Gasteiger partial charge in [-0.05, 0) is 17.9 Å². The Hall–Kier alpha value is -1.07. The molecule has 0 spiro atoms. The first-order valence-electron chi connectivity index (χ1n) is 4.30. The molecule has 0 aliphatic carbocycles. The molecule has 5 heteroatoms. The molecule has 0 aliphatic rings. The van der Waals surface area contributed by atoms with Gasteiger partial charge in [0.05, 0.1) is 7.11 Å². The van der Waals surface area contributed by atoms with Crippen LogP contribution in [0, 0.1) is 0 Å². The summed E-state index contributed by atoms with van der Waals surface area (Å²) in [4.78, 5) is 12.1. The predicted octanol–water partition coefficient (Wildman–Crippen LogP) is 0.869.